The van der Waals surface area contributed by atoms with Crippen LogP contribution in [0.2, 0.25) is 0 Å². The van der Waals surface area contributed by atoms with Gasteiger partial charge in [-0.1, -0.05) is 13.8 Å². The van der Waals surface area contributed by atoms with E-state index in [1.54, 1.807) is 26.2 Å². The molecule has 11 heteroatoms. The molecule has 3 rings (SSSR count). The molecule has 0 aliphatic carbocycles. The van der Waals surface area contributed by atoms with Crippen molar-refractivity contribution in [3.8, 4) is 5.88 Å². The van der Waals surface area contributed by atoms with Gasteiger partial charge in [0.1, 0.15) is 23.5 Å². The molecule has 0 radical (unpaired) electrons. The number of nitrogens with zero attached hydrogens (tertiary/aromatic N) is 2. The number of rotatable bonds is 16. The molecule has 3 heterocycles. The van der Waals surface area contributed by atoms with E-state index < -0.39 is 24.1 Å². The van der Waals surface area contributed by atoms with Crippen molar-refractivity contribution >= 4 is 17.6 Å². The molecule has 37 heavy (non-hydrogen) atoms. The van der Waals surface area contributed by atoms with Crippen molar-refractivity contribution in [1.82, 2.24) is 10.3 Å². The maximum atomic E-state index is 13.2. The molecule has 0 spiro atoms. The lowest BCUT2D eigenvalue weighted by atomic mass is 9.88. The lowest BCUT2D eigenvalue weighted by molar-refractivity contribution is -0.164. The summed E-state index contributed by atoms with van der Waals surface area (Å²) in [7, 11) is 1.67. The number of amides is 1. The van der Waals surface area contributed by atoms with Gasteiger partial charge < -0.3 is 33.9 Å². The number of esters is 1. The Morgan fingerprint density at radius 3 is 2.51 bits per heavy atom. The molecule has 0 saturated carbocycles. The van der Waals surface area contributed by atoms with Crippen LogP contribution in [0, 0.1) is 5.41 Å². The Hall–Kier alpha value is -2.50. The normalized spacial score (nSPS) is 17.1. The molecule has 0 bridgehead atoms. The lowest BCUT2D eigenvalue weighted by Gasteiger charge is -2.42. The van der Waals surface area contributed by atoms with Crippen LogP contribution in [-0.4, -0.2) is 95.0 Å². The molecule has 208 valence electrons. The predicted octanol–water partition coefficient (Wildman–Crippen LogP) is 2.54. The first kappa shape index (κ1) is 29.1. The number of carbonyl (C=O) groups is 2. The summed E-state index contributed by atoms with van der Waals surface area (Å²) < 4.78 is 40.3. The highest BCUT2D eigenvalue weighted by molar-refractivity contribution is 5.97. The minimum absolute atomic E-state index is 0.116. The summed E-state index contributed by atoms with van der Waals surface area (Å²) in [4.78, 5) is 32.5. The Labute approximate surface area is 218 Å². The molecule has 0 aromatic carbocycles. The second-order valence-electron chi connectivity index (χ2n) is 9.62. The van der Waals surface area contributed by atoms with Crippen molar-refractivity contribution in [3.63, 3.8) is 0 Å². The van der Waals surface area contributed by atoms with Crippen LogP contribution in [0.5, 0.6) is 5.88 Å². The van der Waals surface area contributed by atoms with Gasteiger partial charge in [0.05, 0.1) is 44.6 Å². The van der Waals surface area contributed by atoms with Crippen molar-refractivity contribution in [3.05, 3.63) is 17.8 Å². The third kappa shape index (κ3) is 6.88. The number of carbonyl (C=O) groups excluding carboxylic acids is 2. The number of nitrogens with one attached hydrogen (secondary N) is 1. The average molecular weight is 526 g/mol. The van der Waals surface area contributed by atoms with Crippen LogP contribution in [0.3, 0.4) is 0 Å². The standard InChI is InChI=1S/C26H40FN3O7/c1-5-26(6-2,24(32)36-7-3)29-22(31)20-9-10-21(30-13-19(14-30)33-4)23(28-20)37-18-25(16-35-17-25)15-34-12-8-11-27/h9-10,19H,5-8,11-18H2,1-4H3,(H,29,31). The molecule has 0 unspecified atom stereocenters. The van der Waals surface area contributed by atoms with Gasteiger partial charge in [0.25, 0.3) is 5.91 Å². The van der Waals surface area contributed by atoms with Crippen molar-refractivity contribution in [2.24, 2.45) is 5.41 Å². The monoisotopic (exact) mass is 525 g/mol. The summed E-state index contributed by atoms with van der Waals surface area (Å²) in [5.41, 5.74) is -0.611. The SMILES string of the molecule is CCOC(=O)C(CC)(CC)NC(=O)c1ccc(N2CC(OC)C2)c(OCC2(COCCCF)COC2)n1. The number of hydrogen-bond acceptors (Lipinski definition) is 9. The second-order valence-corrected chi connectivity index (χ2v) is 9.62. The molecule has 0 atom stereocenters. The number of halogens is 1. The fourth-order valence-corrected chi connectivity index (χ4v) is 4.27. The lowest BCUT2D eigenvalue weighted by Crippen LogP contribution is -2.54. The third-order valence-electron chi connectivity index (χ3n) is 6.98. The summed E-state index contributed by atoms with van der Waals surface area (Å²) in [5, 5.41) is 2.85. The molecule has 1 aromatic rings. The highest BCUT2D eigenvalue weighted by Gasteiger charge is 2.41. The minimum Gasteiger partial charge on any atom is -0.475 e. The number of methoxy groups -OCH3 is 1. The third-order valence-corrected chi connectivity index (χ3v) is 6.98. The van der Waals surface area contributed by atoms with E-state index in [4.69, 9.17) is 23.7 Å². The van der Waals surface area contributed by atoms with Crippen LogP contribution < -0.4 is 15.0 Å². The van der Waals surface area contributed by atoms with Crippen LogP contribution in [0.4, 0.5) is 10.1 Å². The van der Waals surface area contributed by atoms with E-state index in [2.05, 4.69) is 15.2 Å². The van der Waals surface area contributed by atoms with E-state index in [0.717, 1.165) is 5.69 Å². The minimum atomic E-state index is -1.14. The fraction of sp³-hybridized carbons (Fsp3) is 0.731. The molecule has 2 aliphatic heterocycles. The van der Waals surface area contributed by atoms with Gasteiger partial charge in [-0.3, -0.25) is 9.18 Å². The first-order valence-corrected chi connectivity index (χ1v) is 13.0. The Balaban J connectivity index is 1.78. The molecular weight excluding hydrogens is 485 g/mol. The van der Waals surface area contributed by atoms with Crippen molar-refractivity contribution < 1.29 is 37.7 Å². The summed E-state index contributed by atoms with van der Waals surface area (Å²) >= 11 is 0. The van der Waals surface area contributed by atoms with E-state index in [0.29, 0.717) is 64.7 Å². The number of pyridine rings is 1. The first-order valence-electron chi connectivity index (χ1n) is 13.0. The first-order chi connectivity index (χ1) is 17.9. The van der Waals surface area contributed by atoms with Gasteiger partial charge in [-0.25, -0.2) is 9.78 Å². The van der Waals surface area contributed by atoms with E-state index in [1.165, 1.54) is 0 Å². The van der Waals surface area contributed by atoms with Gasteiger partial charge in [-0.2, -0.15) is 0 Å². The Morgan fingerprint density at radius 1 is 1.22 bits per heavy atom. The van der Waals surface area contributed by atoms with Gasteiger partial charge >= 0.3 is 5.97 Å². The van der Waals surface area contributed by atoms with Crippen LogP contribution in [0.1, 0.15) is 50.5 Å². The number of alkyl halides is 1. The summed E-state index contributed by atoms with van der Waals surface area (Å²) in [5.74, 6) is -0.637. The van der Waals surface area contributed by atoms with Crippen LogP contribution in [-0.2, 0) is 23.7 Å². The fourth-order valence-electron chi connectivity index (χ4n) is 4.27. The predicted molar refractivity (Wildman–Crippen MR) is 135 cm³/mol. The van der Waals surface area contributed by atoms with Gasteiger partial charge in [-0.15, -0.1) is 0 Å². The maximum absolute atomic E-state index is 13.2. The zero-order valence-corrected chi connectivity index (χ0v) is 22.3. The largest absolute Gasteiger partial charge is 0.475 e. The van der Waals surface area contributed by atoms with Gasteiger partial charge in [0, 0.05) is 26.8 Å². The average Bonchev–Trinajstić information content (AvgIpc) is 2.85. The summed E-state index contributed by atoms with van der Waals surface area (Å²) in [6.45, 7) is 8.46. The van der Waals surface area contributed by atoms with Gasteiger partial charge in [-0.05, 0) is 38.3 Å². The zero-order chi connectivity index (χ0) is 26.9. The van der Waals surface area contributed by atoms with Crippen LogP contribution in [0.15, 0.2) is 12.1 Å². The zero-order valence-electron chi connectivity index (χ0n) is 22.3. The Bertz CT molecular complexity index is 902. The molecule has 10 nitrogen and oxygen atoms in total. The van der Waals surface area contributed by atoms with Crippen molar-refractivity contribution in [2.45, 2.75) is 51.7 Å². The Kier molecular flexibility index (Phi) is 10.5. The Morgan fingerprint density at radius 2 is 1.95 bits per heavy atom. The highest BCUT2D eigenvalue weighted by atomic mass is 19.1. The quantitative estimate of drug-likeness (QED) is 0.257. The number of aromatic nitrogens is 1. The summed E-state index contributed by atoms with van der Waals surface area (Å²) in [6.07, 6.45) is 1.23. The topological polar surface area (TPSA) is 108 Å². The smallest absolute Gasteiger partial charge is 0.331 e. The maximum Gasteiger partial charge on any atom is 0.331 e. The van der Waals surface area contributed by atoms with Crippen LogP contribution >= 0.6 is 0 Å². The number of anilines is 1. The van der Waals surface area contributed by atoms with E-state index >= 15 is 0 Å². The molecule has 2 saturated heterocycles. The van der Waals surface area contributed by atoms with E-state index in [1.807, 2.05) is 13.8 Å². The number of hydrogen-bond donors (Lipinski definition) is 1. The molecular formula is C26H40FN3O7. The summed E-state index contributed by atoms with van der Waals surface area (Å²) in [6, 6.07) is 3.43. The van der Waals surface area contributed by atoms with Gasteiger partial charge in [0.15, 0.2) is 0 Å². The second kappa shape index (κ2) is 13.3. The molecule has 2 fully saturated rings. The van der Waals surface area contributed by atoms with Crippen molar-refractivity contribution in [1.29, 1.82) is 0 Å². The van der Waals surface area contributed by atoms with E-state index in [9.17, 15) is 14.0 Å². The van der Waals surface area contributed by atoms with Crippen LogP contribution in [0.25, 0.3) is 0 Å². The van der Waals surface area contributed by atoms with Crippen molar-refractivity contribution in [2.75, 3.05) is 71.4 Å². The molecule has 2 aliphatic rings. The number of ether oxygens (including phenoxy) is 5. The molecule has 1 N–H and O–H groups in total. The molecule has 1 aromatic heterocycles. The van der Waals surface area contributed by atoms with E-state index in [-0.39, 0.29) is 30.4 Å². The highest BCUT2D eigenvalue weighted by Crippen LogP contribution is 2.34. The molecule has 1 amide bonds. The van der Waals surface area contributed by atoms with Gasteiger partial charge in [0.2, 0.25) is 5.88 Å².